The van der Waals surface area contributed by atoms with E-state index < -0.39 is 21.3 Å². The van der Waals surface area contributed by atoms with Crippen molar-refractivity contribution < 1.29 is 17.9 Å². The van der Waals surface area contributed by atoms with Crippen LogP contribution in [-0.4, -0.2) is 26.0 Å². The number of hydrogen-bond donors (Lipinski definition) is 1. The molecule has 1 N–H and O–H groups in total. The number of carbonyl (C=O) groups excluding carboxylic acids is 1. The summed E-state index contributed by atoms with van der Waals surface area (Å²) < 4.78 is 33.3. The summed E-state index contributed by atoms with van der Waals surface area (Å²) in [4.78, 5) is 25.4. The average Bonchev–Trinajstić information content (AvgIpc) is 2.71. The van der Waals surface area contributed by atoms with Crippen LogP contribution in [0.3, 0.4) is 0 Å². The molecule has 0 bridgehead atoms. The third kappa shape index (κ3) is 4.90. The highest BCUT2D eigenvalue weighted by molar-refractivity contribution is 9.10. The summed E-state index contributed by atoms with van der Waals surface area (Å²) in [7, 11) is -2.60. The van der Waals surface area contributed by atoms with Gasteiger partial charge in [0.05, 0.1) is 17.0 Å². The standard InChI is InChI=1S/C22H20BrClN2O5S/c1-13-10-14(2)26(12-20(27)25-16-6-9-19(31-3)18(24)11-16)22(28)21(13)32(29,30)17-7-4-15(23)5-8-17/h4-11H,12H2,1-3H3,(H,25,27). The minimum atomic E-state index is -4.08. The number of ether oxygens (including phenoxy) is 1. The number of rotatable bonds is 6. The number of pyridine rings is 1. The van der Waals surface area contributed by atoms with E-state index in [1.54, 1.807) is 44.2 Å². The monoisotopic (exact) mass is 538 g/mol. The lowest BCUT2D eigenvalue weighted by Crippen LogP contribution is -2.33. The van der Waals surface area contributed by atoms with Crippen LogP contribution in [0, 0.1) is 13.8 Å². The quantitative estimate of drug-likeness (QED) is 0.502. The Labute approximate surface area is 199 Å². The van der Waals surface area contributed by atoms with E-state index in [-0.39, 0.29) is 16.3 Å². The van der Waals surface area contributed by atoms with Crippen LogP contribution >= 0.6 is 27.5 Å². The number of aromatic nitrogens is 1. The molecule has 0 radical (unpaired) electrons. The SMILES string of the molecule is COc1ccc(NC(=O)Cn2c(C)cc(C)c(S(=O)(=O)c3ccc(Br)cc3)c2=O)cc1Cl. The molecule has 0 saturated carbocycles. The average molecular weight is 540 g/mol. The van der Waals surface area contributed by atoms with Gasteiger partial charge >= 0.3 is 0 Å². The van der Waals surface area contributed by atoms with Crippen molar-refractivity contribution in [2.45, 2.75) is 30.2 Å². The number of amides is 1. The molecule has 0 saturated heterocycles. The van der Waals surface area contributed by atoms with Crippen molar-refractivity contribution in [2.75, 3.05) is 12.4 Å². The molecule has 32 heavy (non-hydrogen) atoms. The molecule has 1 amide bonds. The zero-order chi connectivity index (χ0) is 23.6. The molecular weight excluding hydrogens is 520 g/mol. The first kappa shape index (κ1) is 24.0. The zero-order valence-electron chi connectivity index (χ0n) is 17.5. The Kier molecular flexibility index (Phi) is 7.12. The first-order chi connectivity index (χ1) is 15.0. The molecule has 2 aromatic carbocycles. The summed E-state index contributed by atoms with van der Waals surface area (Å²) in [6.07, 6.45) is 0. The van der Waals surface area contributed by atoms with Crippen LogP contribution in [-0.2, 0) is 21.2 Å². The molecule has 0 aliphatic carbocycles. The minimum absolute atomic E-state index is 0.00590. The van der Waals surface area contributed by atoms with Crippen molar-refractivity contribution >= 4 is 49.0 Å². The van der Waals surface area contributed by atoms with Gasteiger partial charge in [-0.15, -0.1) is 0 Å². The van der Waals surface area contributed by atoms with Crippen LogP contribution in [0.1, 0.15) is 11.3 Å². The molecule has 7 nitrogen and oxygen atoms in total. The Morgan fingerprint density at radius 1 is 1.12 bits per heavy atom. The van der Waals surface area contributed by atoms with Crippen molar-refractivity contribution in [1.82, 2.24) is 4.57 Å². The molecule has 3 rings (SSSR count). The van der Waals surface area contributed by atoms with Crippen LogP contribution in [0.5, 0.6) is 5.75 Å². The second kappa shape index (κ2) is 9.48. The molecule has 0 fully saturated rings. The van der Waals surface area contributed by atoms with Crippen LogP contribution in [0.15, 0.2) is 67.6 Å². The maximum absolute atomic E-state index is 13.2. The number of benzene rings is 2. The van der Waals surface area contributed by atoms with Gasteiger partial charge in [-0.2, -0.15) is 0 Å². The van der Waals surface area contributed by atoms with Gasteiger partial charge in [0.1, 0.15) is 17.2 Å². The number of carbonyl (C=O) groups is 1. The van der Waals surface area contributed by atoms with Crippen LogP contribution < -0.4 is 15.6 Å². The lowest BCUT2D eigenvalue weighted by molar-refractivity contribution is -0.116. The number of aryl methyl sites for hydroxylation is 2. The Hall–Kier alpha value is -2.62. The molecule has 168 valence electrons. The van der Waals surface area contributed by atoms with Crippen molar-refractivity contribution in [3.8, 4) is 5.75 Å². The summed E-state index contributed by atoms with van der Waals surface area (Å²) >= 11 is 9.34. The summed E-state index contributed by atoms with van der Waals surface area (Å²) in [5, 5.41) is 2.97. The minimum Gasteiger partial charge on any atom is -0.495 e. The largest absolute Gasteiger partial charge is 0.495 e. The molecule has 10 heteroatoms. The molecule has 0 unspecified atom stereocenters. The maximum atomic E-state index is 13.2. The van der Waals surface area contributed by atoms with E-state index in [9.17, 15) is 18.0 Å². The number of nitrogens with zero attached hydrogens (tertiary/aromatic N) is 1. The number of hydrogen-bond acceptors (Lipinski definition) is 5. The fourth-order valence-corrected chi connectivity index (χ4v) is 5.33. The summed E-state index contributed by atoms with van der Waals surface area (Å²) in [5.74, 6) is -0.0506. The summed E-state index contributed by atoms with van der Waals surface area (Å²) in [6.45, 7) is 2.84. The Morgan fingerprint density at radius 3 is 2.38 bits per heavy atom. The highest BCUT2D eigenvalue weighted by Gasteiger charge is 2.26. The first-order valence-corrected chi connectivity index (χ1v) is 12.0. The van der Waals surface area contributed by atoms with E-state index in [4.69, 9.17) is 16.3 Å². The number of halogens is 2. The number of nitrogens with one attached hydrogen (secondary N) is 1. The third-order valence-electron chi connectivity index (χ3n) is 4.78. The molecule has 0 spiro atoms. The van der Waals surface area contributed by atoms with Crippen molar-refractivity contribution in [1.29, 1.82) is 0 Å². The second-order valence-electron chi connectivity index (χ2n) is 7.04. The molecule has 1 aromatic heterocycles. The normalized spacial score (nSPS) is 11.3. The highest BCUT2D eigenvalue weighted by Crippen LogP contribution is 2.27. The molecular formula is C22H20BrClN2O5S. The van der Waals surface area contributed by atoms with E-state index in [2.05, 4.69) is 21.2 Å². The number of methoxy groups -OCH3 is 1. The highest BCUT2D eigenvalue weighted by atomic mass is 79.9. The maximum Gasteiger partial charge on any atom is 0.270 e. The summed E-state index contributed by atoms with van der Waals surface area (Å²) in [5.41, 5.74) is 0.439. The molecule has 0 aliphatic rings. The van der Waals surface area contributed by atoms with Gasteiger partial charge < -0.3 is 14.6 Å². The first-order valence-electron chi connectivity index (χ1n) is 9.39. The third-order valence-corrected chi connectivity index (χ3v) is 7.53. The Balaban J connectivity index is 1.96. The van der Waals surface area contributed by atoms with E-state index in [0.29, 0.717) is 32.2 Å². The van der Waals surface area contributed by atoms with Gasteiger partial charge in [0.25, 0.3) is 5.56 Å². The topological polar surface area (TPSA) is 94.5 Å². The predicted molar refractivity (Wildman–Crippen MR) is 126 cm³/mol. The number of anilines is 1. The lowest BCUT2D eigenvalue weighted by atomic mass is 10.2. The zero-order valence-corrected chi connectivity index (χ0v) is 20.6. The predicted octanol–water partition coefficient (Wildman–Crippen LogP) is 4.36. The van der Waals surface area contributed by atoms with Gasteiger partial charge in [-0.3, -0.25) is 9.59 Å². The van der Waals surface area contributed by atoms with Gasteiger partial charge in [-0.05, 0) is 67.9 Å². The summed E-state index contributed by atoms with van der Waals surface area (Å²) in [6, 6.07) is 12.3. The van der Waals surface area contributed by atoms with Crippen molar-refractivity contribution in [3.63, 3.8) is 0 Å². The fourth-order valence-electron chi connectivity index (χ4n) is 3.25. The van der Waals surface area contributed by atoms with E-state index in [1.165, 1.54) is 25.3 Å². The van der Waals surface area contributed by atoms with Crippen molar-refractivity contribution in [2.24, 2.45) is 0 Å². The Bertz CT molecular complexity index is 1350. The van der Waals surface area contributed by atoms with E-state index in [1.807, 2.05) is 0 Å². The second-order valence-corrected chi connectivity index (χ2v) is 10.3. The molecule has 0 aliphatic heterocycles. The van der Waals surface area contributed by atoms with Gasteiger partial charge in [-0.1, -0.05) is 27.5 Å². The number of sulfone groups is 1. The lowest BCUT2D eigenvalue weighted by Gasteiger charge is -2.15. The molecule has 3 aromatic rings. The van der Waals surface area contributed by atoms with Crippen LogP contribution in [0.4, 0.5) is 5.69 Å². The van der Waals surface area contributed by atoms with Gasteiger partial charge in [-0.25, -0.2) is 8.42 Å². The van der Waals surface area contributed by atoms with Gasteiger partial charge in [0.15, 0.2) is 0 Å². The van der Waals surface area contributed by atoms with E-state index in [0.717, 1.165) is 4.57 Å². The van der Waals surface area contributed by atoms with Crippen LogP contribution in [0.2, 0.25) is 5.02 Å². The smallest absolute Gasteiger partial charge is 0.270 e. The van der Waals surface area contributed by atoms with Crippen molar-refractivity contribution in [3.05, 3.63) is 79.6 Å². The fraction of sp³-hybridized carbons (Fsp3) is 0.182. The van der Waals surface area contributed by atoms with Crippen LogP contribution in [0.25, 0.3) is 0 Å². The Morgan fingerprint density at radius 2 is 1.78 bits per heavy atom. The van der Waals surface area contributed by atoms with Gasteiger partial charge in [0, 0.05) is 15.9 Å². The van der Waals surface area contributed by atoms with E-state index >= 15 is 0 Å². The van der Waals surface area contributed by atoms with Gasteiger partial charge in [0.2, 0.25) is 15.7 Å². The molecule has 1 heterocycles. The molecule has 0 atom stereocenters.